The van der Waals surface area contributed by atoms with Crippen LogP contribution >= 0.6 is 11.8 Å². The first-order valence-electron chi connectivity index (χ1n) is 5.35. The Hall–Kier alpha value is -0.740. The van der Waals surface area contributed by atoms with Gasteiger partial charge in [0.05, 0.1) is 5.69 Å². The summed E-state index contributed by atoms with van der Waals surface area (Å²) in [7, 11) is 0. The minimum Gasteiger partial charge on any atom is -0.399 e. The molecule has 1 aromatic rings. The van der Waals surface area contributed by atoms with Gasteiger partial charge >= 0.3 is 0 Å². The van der Waals surface area contributed by atoms with E-state index < -0.39 is 0 Å². The van der Waals surface area contributed by atoms with Crippen molar-refractivity contribution in [3.8, 4) is 0 Å². The van der Waals surface area contributed by atoms with Gasteiger partial charge in [-0.05, 0) is 30.9 Å². The number of nitrogens with two attached hydrogens (primary N) is 1. The molecule has 1 fully saturated rings. The molecule has 0 bridgehead atoms. The maximum absolute atomic E-state index is 5.73. The first-order chi connectivity index (χ1) is 7.34. The van der Waals surface area contributed by atoms with Crippen LogP contribution in [0.15, 0.2) is 18.3 Å². The van der Waals surface area contributed by atoms with Gasteiger partial charge in [0.25, 0.3) is 0 Å². The zero-order valence-electron chi connectivity index (χ0n) is 8.85. The Labute approximate surface area is 95.1 Å². The lowest BCUT2D eigenvalue weighted by Gasteiger charge is -2.18. The Morgan fingerprint density at radius 3 is 3.20 bits per heavy atom. The standard InChI is InChI=1S/C11H17N3S/c12-10-2-3-13-11(8-10)9-14-4-1-6-15-7-5-14/h2-3,8H,1,4-7,9H2,(H2,12,13). The minimum absolute atomic E-state index is 0.809. The number of nitrogens with zero attached hydrogens (tertiary/aromatic N) is 2. The molecule has 4 heteroatoms. The molecule has 1 aliphatic heterocycles. The summed E-state index contributed by atoms with van der Waals surface area (Å²) in [6, 6.07) is 3.81. The van der Waals surface area contributed by atoms with Crippen LogP contribution in [0.25, 0.3) is 0 Å². The molecule has 0 spiro atoms. The number of aromatic nitrogens is 1. The Kier molecular flexibility index (Phi) is 3.86. The van der Waals surface area contributed by atoms with Gasteiger partial charge in [0.2, 0.25) is 0 Å². The van der Waals surface area contributed by atoms with E-state index in [4.69, 9.17) is 5.73 Å². The SMILES string of the molecule is Nc1ccnc(CN2CCCSCC2)c1. The molecule has 82 valence electrons. The molecule has 15 heavy (non-hydrogen) atoms. The highest BCUT2D eigenvalue weighted by Crippen LogP contribution is 2.13. The number of hydrogen-bond donors (Lipinski definition) is 1. The quantitative estimate of drug-likeness (QED) is 0.827. The van der Waals surface area contributed by atoms with Crippen molar-refractivity contribution >= 4 is 17.4 Å². The van der Waals surface area contributed by atoms with Gasteiger partial charge in [0.1, 0.15) is 0 Å². The summed E-state index contributed by atoms with van der Waals surface area (Å²) in [5, 5.41) is 0. The summed E-state index contributed by atoms with van der Waals surface area (Å²) in [6.07, 6.45) is 3.07. The van der Waals surface area contributed by atoms with E-state index in [1.165, 1.54) is 31.0 Å². The van der Waals surface area contributed by atoms with Crippen molar-refractivity contribution < 1.29 is 0 Å². The second-order valence-electron chi connectivity index (χ2n) is 3.82. The molecule has 0 aromatic carbocycles. The smallest absolute Gasteiger partial charge is 0.0564 e. The zero-order chi connectivity index (χ0) is 10.5. The lowest BCUT2D eigenvalue weighted by molar-refractivity contribution is 0.284. The van der Waals surface area contributed by atoms with Crippen molar-refractivity contribution in [1.82, 2.24) is 9.88 Å². The normalized spacial score (nSPS) is 18.7. The summed E-state index contributed by atoms with van der Waals surface area (Å²) < 4.78 is 0. The van der Waals surface area contributed by atoms with E-state index in [0.29, 0.717) is 0 Å². The molecule has 0 atom stereocenters. The third kappa shape index (κ3) is 3.39. The Bertz CT molecular complexity index is 308. The van der Waals surface area contributed by atoms with Crippen molar-refractivity contribution in [1.29, 1.82) is 0 Å². The van der Waals surface area contributed by atoms with Gasteiger partial charge in [-0.15, -0.1) is 0 Å². The molecule has 0 radical (unpaired) electrons. The topological polar surface area (TPSA) is 42.1 Å². The first-order valence-corrected chi connectivity index (χ1v) is 6.50. The van der Waals surface area contributed by atoms with Crippen molar-refractivity contribution in [3.63, 3.8) is 0 Å². The molecule has 1 saturated heterocycles. The Morgan fingerprint density at radius 1 is 1.40 bits per heavy atom. The third-order valence-electron chi connectivity index (χ3n) is 2.54. The number of hydrogen-bond acceptors (Lipinski definition) is 4. The van der Waals surface area contributed by atoms with Gasteiger partial charge < -0.3 is 5.73 Å². The van der Waals surface area contributed by atoms with Crippen LogP contribution in [0, 0.1) is 0 Å². The summed E-state index contributed by atoms with van der Waals surface area (Å²) in [4.78, 5) is 6.80. The van der Waals surface area contributed by atoms with E-state index in [9.17, 15) is 0 Å². The van der Waals surface area contributed by atoms with E-state index in [-0.39, 0.29) is 0 Å². The summed E-state index contributed by atoms with van der Waals surface area (Å²) in [5.74, 6) is 2.53. The molecule has 2 rings (SSSR count). The average Bonchev–Trinajstić information content (AvgIpc) is 2.46. The summed E-state index contributed by atoms with van der Waals surface area (Å²) in [5.41, 5.74) is 7.63. The van der Waals surface area contributed by atoms with E-state index in [1.807, 2.05) is 23.9 Å². The number of rotatable bonds is 2. The predicted molar refractivity (Wildman–Crippen MR) is 65.9 cm³/mol. The third-order valence-corrected chi connectivity index (χ3v) is 3.59. The molecule has 1 aliphatic rings. The monoisotopic (exact) mass is 223 g/mol. The Balaban J connectivity index is 1.95. The van der Waals surface area contributed by atoms with Crippen LogP contribution in [0.2, 0.25) is 0 Å². The van der Waals surface area contributed by atoms with Crippen LogP contribution < -0.4 is 5.73 Å². The Morgan fingerprint density at radius 2 is 2.33 bits per heavy atom. The van der Waals surface area contributed by atoms with Crippen LogP contribution in [-0.4, -0.2) is 34.5 Å². The van der Waals surface area contributed by atoms with Gasteiger partial charge in [-0.1, -0.05) is 0 Å². The van der Waals surface area contributed by atoms with Crippen molar-refractivity contribution in [3.05, 3.63) is 24.0 Å². The maximum atomic E-state index is 5.73. The largest absolute Gasteiger partial charge is 0.399 e. The highest BCUT2D eigenvalue weighted by Gasteiger charge is 2.09. The predicted octanol–water partition coefficient (Wildman–Crippen LogP) is 1.60. The second kappa shape index (κ2) is 5.37. The highest BCUT2D eigenvalue weighted by molar-refractivity contribution is 7.99. The number of pyridine rings is 1. The van der Waals surface area contributed by atoms with Crippen LogP contribution in [0.4, 0.5) is 5.69 Å². The summed E-state index contributed by atoms with van der Waals surface area (Å²) in [6.45, 7) is 3.29. The molecular weight excluding hydrogens is 206 g/mol. The number of anilines is 1. The first kappa shape index (κ1) is 10.8. The van der Waals surface area contributed by atoms with Gasteiger partial charge in [-0.2, -0.15) is 11.8 Å². The van der Waals surface area contributed by atoms with Crippen LogP contribution in [0.5, 0.6) is 0 Å². The fourth-order valence-corrected chi connectivity index (χ4v) is 2.69. The molecule has 0 aliphatic carbocycles. The van der Waals surface area contributed by atoms with Gasteiger partial charge in [0, 0.05) is 30.7 Å². The van der Waals surface area contributed by atoms with E-state index >= 15 is 0 Å². The van der Waals surface area contributed by atoms with Crippen LogP contribution in [0.3, 0.4) is 0 Å². The van der Waals surface area contributed by atoms with E-state index in [0.717, 1.165) is 17.9 Å². The van der Waals surface area contributed by atoms with Gasteiger partial charge in [0.15, 0.2) is 0 Å². The van der Waals surface area contributed by atoms with Crippen molar-refractivity contribution in [2.45, 2.75) is 13.0 Å². The number of nitrogen functional groups attached to an aromatic ring is 1. The summed E-state index contributed by atoms with van der Waals surface area (Å²) >= 11 is 2.05. The molecule has 0 unspecified atom stereocenters. The van der Waals surface area contributed by atoms with Gasteiger partial charge in [-0.3, -0.25) is 9.88 Å². The van der Waals surface area contributed by atoms with Crippen LogP contribution in [-0.2, 0) is 6.54 Å². The molecular formula is C11H17N3S. The lowest BCUT2D eigenvalue weighted by Crippen LogP contribution is -2.25. The second-order valence-corrected chi connectivity index (χ2v) is 5.05. The fourth-order valence-electron chi connectivity index (χ4n) is 1.77. The minimum atomic E-state index is 0.809. The van der Waals surface area contributed by atoms with Crippen molar-refractivity contribution in [2.75, 3.05) is 30.3 Å². The molecule has 2 heterocycles. The molecule has 2 N–H and O–H groups in total. The molecule has 3 nitrogen and oxygen atoms in total. The zero-order valence-corrected chi connectivity index (χ0v) is 9.67. The van der Waals surface area contributed by atoms with E-state index in [1.54, 1.807) is 6.20 Å². The van der Waals surface area contributed by atoms with Crippen molar-refractivity contribution in [2.24, 2.45) is 0 Å². The number of thioether (sulfide) groups is 1. The molecule has 1 aromatic heterocycles. The maximum Gasteiger partial charge on any atom is 0.0564 e. The molecule has 0 saturated carbocycles. The van der Waals surface area contributed by atoms with E-state index in [2.05, 4.69) is 9.88 Å². The average molecular weight is 223 g/mol. The fraction of sp³-hybridized carbons (Fsp3) is 0.545. The van der Waals surface area contributed by atoms with Gasteiger partial charge in [-0.25, -0.2) is 0 Å². The van der Waals surface area contributed by atoms with Crippen LogP contribution in [0.1, 0.15) is 12.1 Å². The highest BCUT2D eigenvalue weighted by atomic mass is 32.2. The lowest BCUT2D eigenvalue weighted by atomic mass is 10.3. The molecule has 0 amide bonds.